The molecule has 1 rings (SSSR count). The SMILES string of the molecule is CCCCCCCCCCCCOS(=O)(=O)c1ccc(Cl)cc1C.[NaH]. The first kappa shape index (κ1) is 25.4. The van der Waals surface area contributed by atoms with Crippen LogP contribution in [-0.4, -0.2) is 44.6 Å². The van der Waals surface area contributed by atoms with Crippen LogP contribution in [-0.2, 0) is 14.3 Å². The van der Waals surface area contributed by atoms with Crippen LogP contribution >= 0.6 is 11.6 Å². The molecular formula is C19H32ClNaO3S. The molecular weight excluding hydrogens is 367 g/mol. The third-order valence-electron chi connectivity index (χ3n) is 4.14. The summed E-state index contributed by atoms with van der Waals surface area (Å²) in [7, 11) is -3.68. The van der Waals surface area contributed by atoms with E-state index in [1.54, 1.807) is 19.1 Å². The second kappa shape index (κ2) is 14.5. The Bertz CT molecular complexity index is 576. The second-order valence-corrected chi connectivity index (χ2v) is 8.39. The summed E-state index contributed by atoms with van der Waals surface area (Å²) in [5, 5.41) is 0.529. The van der Waals surface area contributed by atoms with Crippen molar-refractivity contribution in [1.82, 2.24) is 0 Å². The Morgan fingerprint density at radius 2 is 1.44 bits per heavy atom. The Labute approximate surface area is 181 Å². The van der Waals surface area contributed by atoms with E-state index in [0.29, 0.717) is 10.6 Å². The molecule has 0 aliphatic rings. The summed E-state index contributed by atoms with van der Waals surface area (Å²) in [6, 6.07) is 4.72. The average Bonchev–Trinajstić information content (AvgIpc) is 2.52. The summed E-state index contributed by atoms with van der Waals surface area (Å²) in [4.78, 5) is 0.207. The molecule has 25 heavy (non-hydrogen) atoms. The fourth-order valence-corrected chi connectivity index (χ4v) is 4.09. The number of hydrogen-bond donors (Lipinski definition) is 0. The van der Waals surface area contributed by atoms with Gasteiger partial charge >= 0.3 is 29.6 Å². The van der Waals surface area contributed by atoms with Gasteiger partial charge in [-0.2, -0.15) is 8.42 Å². The Kier molecular flexibility index (Phi) is 14.7. The number of rotatable bonds is 13. The monoisotopic (exact) mass is 398 g/mol. The number of hydrogen-bond acceptors (Lipinski definition) is 3. The number of halogens is 1. The first-order chi connectivity index (χ1) is 11.5. The Balaban J connectivity index is 0.00000576. The Morgan fingerprint density at radius 3 is 1.96 bits per heavy atom. The zero-order valence-electron chi connectivity index (χ0n) is 15.0. The molecule has 0 aromatic heterocycles. The molecule has 0 amide bonds. The van der Waals surface area contributed by atoms with E-state index < -0.39 is 10.1 Å². The maximum absolute atomic E-state index is 12.2. The second-order valence-electron chi connectivity index (χ2n) is 6.37. The number of aryl methyl sites for hydroxylation is 1. The maximum atomic E-state index is 12.2. The molecule has 0 N–H and O–H groups in total. The van der Waals surface area contributed by atoms with Gasteiger partial charge in [-0.05, 0) is 37.1 Å². The minimum absolute atomic E-state index is 0. The summed E-state index contributed by atoms with van der Waals surface area (Å²) in [6.45, 7) is 4.21. The molecule has 0 bridgehead atoms. The molecule has 0 spiro atoms. The van der Waals surface area contributed by atoms with E-state index in [4.69, 9.17) is 15.8 Å². The fraction of sp³-hybridized carbons (Fsp3) is 0.684. The van der Waals surface area contributed by atoms with Crippen molar-refractivity contribution in [1.29, 1.82) is 0 Å². The summed E-state index contributed by atoms with van der Waals surface area (Å²) < 4.78 is 29.5. The van der Waals surface area contributed by atoms with Gasteiger partial charge in [0.2, 0.25) is 0 Å². The fourth-order valence-electron chi connectivity index (χ4n) is 2.71. The van der Waals surface area contributed by atoms with Crippen molar-refractivity contribution in [3.63, 3.8) is 0 Å². The van der Waals surface area contributed by atoms with Crippen molar-refractivity contribution < 1.29 is 12.6 Å². The van der Waals surface area contributed by atoms with Gasteiger partial charge in [-0.3, -0.25) is 4.18 Å². The summed E-state index contributed by atoms with van der Waals surface area (Å²) in [5.74, 6) is 0. The van der Waals surface area contributed by atoms with E-state index in [-0.39, 0.29) is 41.1 Å². The van der Waals surface area contributed by atoms with Crippen LogP contribution in [0.15, 0.2) is 23.1 Å². The van der Waals surface area contributed by atoms with E-state index >= 15 is 0 Å². The summed E-state index contributed by atoms with van der Waals surface area (Å²) in [6.07, 6.45) is 12.1. The minimum atomic E-state index is -3.68. The normalized spacial score (nSPS) is 11.3. The molecule has 140 valence electrons. The van der Waals surface area contributed by atoms with Gasteiger partial charge in [-0.1, -0.05) is 76.3 Å². The van der Waals surface area contributed by atoms with Crippen LogP contribution < -0.4 is 0 Å². The van der Waals surface area contributed by atoms with Crippen LogP contribution in [0, 0.1) is 6.92 Å². The molecule has 0 atom stereocenters. The van der Waals surface area contributed by atoms with Gasteiger partial charge in [0, 0.05) is 5.02 Å². The topological polar surface area (TPSA) is 43.4 Å². The third-order valence-corrected chi connectivity index (χ3v) is 5.85. The molecule has 1 aromatic rings. The van der Waals surface area contributed by atoms with E-state index in [9.17, 15) is 8.42 Å². The predicted molar refractivity (Wildman–Crippen MR) is 108 cm³/mol. The van der Waals surface area contributed by atoms with Gasteiger partial charge in [0.15, 0.2) is 0 Å². The third kappa shape index (κ3) is 11.0. The molecule has 0 aliphatic carbocycles. The standard InChI is InChI=1S/C19H31ClO3S.Na.H/c1-3-4-5-6-7-8-9-10-11-12-15-23-24(21,22)19-14-13-18(20)16-17(19)2;;/h13-14,16H,3-12,15H2,1-2H3;;. The first-order valence-electron chi connectivity index (χ1n) is 9.13. The molecule has 3 nitrogen and oxygen atoms in total. The van der Waals surface area contributed by atoms with Crippen LogP contribution in [0.1, 0.15) is 76.7 Å². The molecule has 0 heterocycles. The van der Waals surface area contributed by atoms with E-state index in [1.807, 2.05) is 0 Å². The van der Waals surface area contributed by atoms with Crippen molar-refractivity contribution in [2.75, 3.05) is 6.61 Å². The average molecular weight is 399 g/mol. The van der Waals surface area contributed by atoms with Crippen LogP contribution in [0.2, 0.25) is 5.02 Å². The van der Waals surface area contributed by atoms with E-state index in [0.717, 1.165) is 19.3 Å². The Hall–Kier alpha value is 0.420. The zero-order chi connectivity index (χ0) is 17.8. The van der Waals surface area contributed by atoms with Crippen molar-refractivity contribution in [3.8, 4) is 0 Å². The molecule has 1 aromatic carbocycles. The molecule has 6 heteroatoms. The van der Waals surface area contributed by atoms with E-state index in [1.165, 1.54) is 51.0 Å². The van der Waals surface area contributed by atoms with Crippen LogP contribution in [0.25, 0.3) is 0 Å². The molecule has 0 unspecified atom stereocenters. The van der Waals surface area contributed by atoms with Crippen molar-refractivity contribution >= 4 is 51.3 Å². The van der Waals surface area contributed by atoms with Crippen LogP contribution in [0.3, 0.4) is 0 Å². The van der Waals surface area contributed by atoms with Gasteiger partial charge in [-0.15, -0.1) is 0 Å². The molecule has 0 saturated heterocycles. The zero-order valence-corrected chi connectivity index (χ0v) is 16.6. The molecule has 0 radical (unpaired) electrons. The summed E-state index contributed by atoms with van der Waals surface area (Å²) >= 11 is 5.85. The molecule has 0 saturated carbocycles. The van der Waals surface area contributed by atoms with Crippen molar-refractivity contribution in [2.45, 2.75) is 83.0 Å². The van der Waals surface area contributed by atoms with Crippen LogP contribution in [0.4, 0.5) is 0 Å². The molecule has 0 aliphatic heterocycles. The first-order valence-corrected chi connectivity index (χ1v) is 10.9. The quantitative estimate of drug-likeness (QED) is 0.246. The van der Waals surface area contributed by atoms with Gasteiger partial charge in [0.1, 0.15) is 0 Å². The predicted octanol–water partition coefficient (Wildman–Crippen LogP) is 5.63. The summed E-state index contributed by atoms with van der Waals surface area (Å²) in [5.41, 5.74) is 0.616. The number of unbranched alkanes of at least 4 members (excludes halogenated alkanes) is 9. The van der Waals surface area contributed by atoms with Crippen molar-refractivity contribution in [2.24, 2.45) is 0 Å². The number of benzene rings is 1. The van der Waals surface area contributed by atoms with Gasteiger partial charge in [0.25, 0.3) is 10.1 Å². The van der Waals surface area contributed by atoms with E-state index in [2.05, 4.69) is 6.92 Å². The Morgan fingerprint density at radius 1 is 0.920 bits per heavy atom. The molecule has 0 fully saturated rings. The van der Waals surface area contributed by atoms with Crippen LogP contribution in [0.5, 0.6) is 0 Å². The van der Waals surface area contributed by atoms with Gasteiger partial charge in [-0.25, -0.2) is 0 Å². The van der Waals surface area contributed by atoms with Gasteiger partial charge < -0.3 is 0 Å². The van der Waals surface area contributed by atoms with Gasteiger partial charge in [0.05, 0.1) is 11.5 Å². The van der Waals surface area contributed by atoms with Crippen molar-refractivity contribution in [3.05, 3.63) is 28.8 Å².